The van der Waals surface area contributed by atoms with Gasteiger partial charge in [0.15, 0.2) is 20.0 Å². The van der Waals surface area contributed by atoms with Gasteiger partial charge >= 0.3 is 0 Å². The van der Waals surface area contributed by atoms with E-state index in [1.165, 1.54) is 96.7 Å². The number of thiazole rings is 4. The molecule has 12 heterocycles. The fourth-order valence-corrected chi connectivity index (χ4v) is 22.3. The molecule has 0 spiro atoms. The summed E-state index contributed by atoms with van der Waals surface area (Å²) in [5.74, 6) is 2.54. The number of rotatable bonds is 30. The number of aryl methyl sites for hydroxylation is 4. The minimum atomic E-state index is -1.04. The SMILES string of the molecule is Cc1cc(NC2CCCC2)ncc1-c1sc(C(=O)NCC(C)(C)O)nc1C(=O)N1CCC[C@@H]1C.Cc1cc(NC2CCCC2)ncc1-c1sc(C(=O)NCC(C)(C)O)nc1C(=O)N1CCC[C@@H]1C.Cc1cc(N[C@@H](C)C2CC2)ncc1-c1sc(C(=O)NCC(C)(C)O)nc1C(=O)N1CCCC[C@@H]1C.Cc1cc(N[C@@H](C)C2CC2)ncc1-c1sc(C(=O)NCC(C)(C)O)nc1C(=O)N1CCC[C@@H]1C. The fraction of sp³-hybridized carbons (Fsp3) is 0.604. The molecule has 4 saturated carbocycles. The lowest BCUT2D eigenvalue weighted by molar-refractivity contribution is 0.0628. The van der Waals surface area contributed by atoms with Crippen molar-refractivity contribution in [2.24, 2.45) is 11.8 Å². The summed E-state index contributed by atoms with van der Waals surface area (Å²) >= 11 is 4.80. The van der Waals surface area contributed by atoms with Crippen LogP contribution in [0.15, 0.2) is 49.1 Å². The van der Waals surface area contributed by atoms with E-state index in [1.807, 2.05) is 92.3 Å². The van der Waals surface area contributed by atoms with E-state index in [2.05, 4.69) is 103 Å². The predicted molar refractivity (Wildman–Crippen MR) is 542 cm³/mol. The first-order valence-electron chi connectivity index (χ1n) is 49.0. The largest absolute Gasteiger partial charge is 0.389 e. The van der Waals surface area contributed by atoms with Crippen LogP contribution in [0.3, 0.4) is 0 Å². The summed E-state index contributed by atoms with van der Waals surface area (Å²) in [4.78, 5) is 152. The van der Waals surface area contributed by atoms with Crippen molar-refractivity contribution < 1.29 is 58.8 Å². The number of aliphatic hydroxyl groups is 4. The molecule has 8 aromatic heterocycles. The lowest BCUT2D eigenvalue weighted by Crippen LogP contribution is -2.42. The maximum Gasteiger partial charge on any atom is 0.280 e. The Morgan fingerprint density at radius 2 is 0.569 bits per heavy atom. The van der Waals surface area contributed by atoms with Gasteiger partial charge in [0.1, 0.15) is 46.0 Å². The van der Waals surface area contributed by atoms with E-state index < -0.39 is 46.0 Å². The average Bonchev–Trinajstić information content (AvgIpc) is 1.65. The molecule has 4 aliphatic carbocycles. The Morgan fingerprint density at radius 3 is 0.788 bits per heavy atom. The highest BCUT2D eigenvalue weighted by atomic mass is 32.1. The Bertz CT molecular complexity index is 5250. The van der Waals surface area contributed by atoms with Crippen molar-refractivity contribution in [1.82, 2.24) is 80.7 Å². The van der Waals surface area contributed by atoms with Crippen molar-refractivity contribution in [3.63, 3.8) is 0 Å². The van der Waals surface area contributed by atoms with Gasteiger partial charge in [-0.15, -0.1) is 45.3 Å². The van der Waals surface area contributed by atoms with Gasteiger partial charge in [-0.1, -0.05) is 25.7 Å². The van der Waals surface area contributed by atoms with Crippen LogP contribution in [0.25, 0.3) is 41.8 Å². The number of amides is 8. The van der Waals surface area contributed by atoms with Crippen LogP contribution in [0, 0.1) is 39.5 Å². The second-order valence-electron chi connectivity index (χ2n) is 41.4. The molecule has 8 aromatic rings. The first-order chi connectivity index (χ1) is 64.8. The summed E-state index contributed by atoms with van der Waals surface area (Å²) in [6, 6.07) is 10.2. The predicted octanol–water partition coefficient (Wildman–Crippen LogP) is 16.1. The zero-order chi connectivity index (χ0) is 98.9. The maximum absolute atomic E-state index is 13.6. The van der Waals surface area contributed by atoms with Crippen LogP contribution in [0.2, 0.25) is 0 Å². The number of carbonyl (C=O) groups excluding carboxylic acids is 8. The van der Waals surface area contributed by atoms with Crippen molar-refractivity contribution in [1.29, 1.82) is 0 Å². The molecule has 742 valence electrons. The molecule has 8 fully saturated rings. The smallest absolute Gasteiger partial charge is 0.280 e. The second kappa shape index (κ2) is 45.0. The molecule has 32 nitrogen and oxygen atoms in total. The van der Waals surface area contributed by atoms with Crippen LogP contribution in [0.5, 0.6) is 0 Å². The average molecular weight is 1960 g/mol. The van der Waals surface area contributed by atoms with Crippen molar-refractivity contribution >= 4 is 116 Å². The normalized spacial score (nSPS) is 19.1. The Balaban J connectivity index is 0.000000154. The number of nitrogens with zero attached hydrogens (tertiary/aromatic N) is 12. The molecule has 12 N–H and O–H groups in total. The molecule has 4 aliphatic heterocycles. The number of aromatic nitrogens is 8. The van der Waals surface area contributed by atoms with Gasteiger partial charge in [-0.05, 0) is 292 Å². The molecule has 16 rings (SSSR count). The van der Waals surface area contributed by atoms with E-state index in [-0.39, 0.29) is 94.0 Å². The Hall–Kier alpha value is -10.1. The summed E-state index contributed by atoms with van der Waals surface area (Å²) < 4.78 is 0. The Labute approximate surface area is 821 Å². The first kappa shape index (κ1) is 104. The zero-order valence-corrected chi connectivity index (χ0v) is 86.2. The molecule has 8 amide bonds. The van der Waals surface area contributed by atoms with E-state index in [4.69, 9.17) is 0 Å². The molecule has 4 saturated heterocycles. The van der Waals surface area contributed by atoms with Crippen molar-refractivity contribution in [3.05, 3.63) is 114 Å². The van der Waals surface area contributed by atoms with Crippen LogP contribution in [0.4, 0.5) is 23.3 Å². The van der Waals surface area contributed by atoms with Gasteiger partial charge in [0.25, 0.3) is 47.3 Å². The minimum absolute atomic E-state index is 0.0906. The molecule has 0 unspecified atom stereocenters. The van der Waals surface area contributed by atoms with E-state index in [1.54, 1.807) is 80.2 Å². The number of nitrogens with one attached hydrogen (secondary N) is 8. The molecular weight excluding hydrogens is 1810 g/mol. The second-order valence-corrected chi connectivity index (χ2v) is 45.4. The molecule has 8 aliphatic rings. The molecule has 137 heavy (non-hydrogen) atoms. The lowest BCUT2D eigenvalue weighted by atomic mass is 10.0. The zero-order valence-electron chi connectivity index (χ0n) is 83.0. The molecule has 6 atom stereocenters. The number of anilines is 4. The van der Waals surface area contributed by atoms with E-state index in [0.29, 0.717) is 104 Å². The van der Waals surface area contributed by atoms with Gasteiger partial charge in [0, 0.05) is 148 Å². The monoisotopic (exact) mass is 1950 g/mol. The highest BCUT2D eigenvalue weighted by Crippen LogP contribution is 2.43. The molecule has 0 bridgehead atoms. The van der Waals surface area contributed by atoms with Gasteiger partial charge in [-0.2, -0.15) is 0 Å². The standard InChI is InChI=1S/C26H37N5O3S.3C25H35N5O3S/c1-15-12-20(29-17(3)18-9-10-18)27-13-19(15)22-21(25(33)31-11-7-6-8-16(31)2)30-24(35-22)23(32)28-14-26(4,5)34;1-14-11-19(28-16(3)17-8-9-17)26-12-18(14)21-20(24(32)30-10-6-7-15(30)2)29-23(34-21)22(31)27-13-25(4,5)33;2*1-15-12-19(28-17-9-5-6-10-17)26-13-18(15)21-20(24(32)30-11-7-8-16(30)2)29-23(34-21)22(31)27-14-25(3,4)33/h12-13,16-18,34H,6-11,14H2,1-5H3,(H,27,29)(H,28,32);11-12,15-17,33H,6-10,13H2,1-5H3,(H,26,28)(H,27,31);2*12-13,16-17,33H,5-11,14H2,1-4H3,(H,26,28)(H,27,31)/t16-,17-;15-,16-;2*16-/m0000/s1. The maximum atomic E-state index is 13.6. The van der Waals surface area contributed by atoms with E-state index in [9.17, 15) is 58.8 Å². The quantitative estimate of drug-likeness (QED) is 0.0199. The van der Waals surface area contributed by atoms with Crippen LogP contribution in [-0.4, -0.2) is 250 Å². The van der Waals surface area contributed by atoms with Gasteiger partial charge in [0.05, 0.1) is 41.9 Å². The summed E-state index contributed by atoms with van der Waals surface area (Å²) in [5, 5.41) is 65.6. The molecule has 36 heteroatoms. The van der Waals surface area contributed by atoms with Gasteiger partial charge < -0.3 is 82.6 Å². The summed E-state index contributed by atoms with van der Waals surface area (Å²) in [5.41, 5.74) is 4.16. The third-order valence-corrected chi connectivity index (χ3v) is 30.9. The Kier molecular flexibility index (Phi) is 34.3. The van der Waals surface area contributed by atoms with Crippen LogP contribution in [0.1, 0.15) is 335 Å². The number of piperidine rings is 1. The van der Waals surface area contributed by atoms with E-state index >= 15 is 0 Å². The topological polar surface area (TPSA) is 430 Å². The number of hydrogen-bond acceptors (Lipinski definition) is 28. The molecule has 0 radical (unpaired) electrons. The van der Waals surface area contributed by atoms with Crippen LogP contribution < -0.4 is 42.5 Å². The molecular formula is C101H142N20O12S4. The van der Waals surface area contributed by atoms with E-state index in [0.717, 1.165) is 151 Å². The lowest BCUT2D eigenvalue weighted by Gasteiger charge is -2.33. The number of hydrogen-bond donors (Lipinski definition) is 12. The third-order valence-electron chi connectivity index (χ3n) is 26.6. The van der Waals surface area contributed by atoms with Gasteiger partial charge in [-0.3, -0.25) is 38.4 Å². The Morgan fingerprint density at radius 1 is 0.343 bits per heavy atom. The van der Waals surface area contributed by atoms with Crippen molar-refractivity contribution in [3.8, 4) is 41.8 Å². The summed E-state index contributed by atoms with van der Waals surface area (Å²) in [6.07, 6.45) is 30.6. The summed E-state index contributed by atoms with van der Waals surface area (Å²) in [6.45, 7) is 36.7. The van der Waals surface area contributed by atoms with Crippen molar-refractivity contribution in [2.75, 3.05) is 73.6 Å². The van der Waals surface area contributed by atoms with Gasteiger partial charge in [0.2, 0.25) is 0 Å². The highest BCUT2D eigenvalue weighted by Gasteiger charge is 2.40. The number of pyridine rings is 4. The number of carbonyl (C=O) groups is 8. The van der Waals surface area contributed by atoms with Crippen LogP contribution >= 0.6 is 45.3 Å². The summed E-state index contributed by atoms with van der Waals surface area (Å²) in [7, 11) is 0. The minimum Gasteiger partial charge on any atom is -0.389 e. The van der Waals surface area contributed by atoms with Crippen molar-refractivity contribution in [2.45, 2.75) is 330 Å². The molecule has 0 aromatic carbocycles. The van der Waals surface area contributed by atoms with Gasteiger partial charge in [-0.25, -0.2) is 39.9 Å². The number of likely N-dealkylation sites (tertiary alicyclic amines) is 4. The first-order valence-corrected chi connectivity index (χ1v) is 52.3. The fourth-order valence-electron chi connectivity index (χ4n) is 18.1. The van der Waals surface area contributed by atoms with Crippen LogP contribution in [-0.2, 0) is 0 Å². The third kappa shape index (κ3) is 28.0. The highest BCUT2D eigenvalue weighted by molar-refractivity contribution is 7.18.